The Bertz CT molecular complexity index is 1480. The molecule has 0 aliphatic carbocycles. The van der Waals surface area contributed by atoms with E-state index in [1.807, 2.05) is 0 Å². The van der Waals surface area contributed by atoms with Gasteiger partial charge in [-0.1, -0.05) is 24.3 Å². The molecule has 4 rings (SSSR count). The van der Waals surface area contributed by atoms with Gasteiger partial charge in [0.25, 0.3) is 0 Å². The molecule has 0 aliphatic rings. The van der Waals surface area contributed by atoms with Crippen molar-refractivity contribution in [1.82, 2.24) is 9.55 Å². The summed E-state index contributed by atoms with van der Waals surface area (Å²) in [6.45, 7) is 1.55. The van der Waals surface area contributed by atoms with E-state index in [1.165, 1.54) is 34.9 Å². The van der Waals surface area contributed by atoms with Crippen molar-refractivity contribution in [3.63, 3.8) is 0 Å². The van der Waals surface area contributed by atoms with Crippen LogP contribution in [0.3, 0.4) is 0 Å². The molecule has 0 spiro atoms. The standard InChI is InChI=1S/C24H15F4N3O2S/c1-13-2-7-19-17(8-16(9-29)14-3-5-15(6-4-14)22(32)33)11-31(21(19)20(13)25)12-18-10-30-23(34-18)24(26,27)28/h2-8,10-11H,12H2,1H3,(H,32,33)/b16-8+. The molecule has 0 saturated carbocycles. The number of halogens is 4. The van der Waals surface area contributed by atoms with E-state index >= 15 is 4.39 Å². The third-order valence-electron chi connectivity index (χ3n) is 5.19. The van der Waals surface area contributed by atoms with Gasteiger partial charge in [-0.15, -0.1) is 11.3 Å². The van der Waals surface area contributed by atoms with Gasteiger partial charge in [-0.2, -0.15) is 18.4 Å². The second kappa shape index (κ2) is 8.76. The predicted octanol–water partition coefficient (Wildman–Crippen LogP) is 6.37. The second-order valence-corrected chi connectivity index (χ2v) is 8.60. The van der Waals surface area contributed by atoms with E-state index < -0.39 is 23.0 Å². The number of benzene rings is 2. The van der Waals surface area contributed by atoms with Crippen molar-refractivity contribution < 1.29 is 27.5 Å². The third-order valence-corrected chi connectivity index (χ3v) is 6.21. The van der Waals surface area contributed by atoms with Crippen LogP contribution in [0.1, 0.15) is 36.9 Å². The van der Waals surface area contributed by atoms with Crippen LogP contribution in [0.5, 0.6) is 0 Å². The number of hydrogen-bond acceptors (Lipinski definition) is 4. The van der Waals surface area contributed by atoms with Crippen LogP contribution in [0.4, 0.5) is 17.6 Å². The Kier molecular flexibility index (Phi) is 5.98. The number of aryl methyl sites for hydroxylation is 1. The van der Waals surface area contributed by atoms with Gasteiger partial charge in [0.15, 0.2) is 5.01 Å². The molecule has 5 nitrogen and oxygen atoms in total. The number of alkyl halides is 3. The number of aromatic carboxylic acids is 1. The van der Waals surface area contributed by atoms with Gasteiger partial charge in [0.2, 0.25) is 0 Å². The Hall–Kier alpha value is -3.97. The van der Waals surface area contributed by atoms with Gasteiger partial charge < -0.3 is 9.67 Å². The summed E-state index contributed by atoms with van der Waals surface area (Å²) in [5, 5.41) is 18.2. The Morgan fingerprint density at radius 3 is 2.47 bits per heavy atom. The lowest BCUT2D eigenvalue weighted by atomic mass is 10.0. The molecule has 0 bridgehead atoms. The number of allylic oxidation sites excluding steroid dienone is 1. The van der Waals surface area contributed by atoms with Gasteiger partial charge in [-0.3, -0.25) is 0 Å². The lowest BCUT2D eigenvalue weighted by Gasteiger charge is -2.06. The monoisotopic (exact) mass is 485 g/mol. The summed E-state index contributed by atoms with van der Waals surface area (Å²) in [5.74, 6) is -1.61. The molecule has 0 unspecified atom stereocenters. The lowest BCUT2D eigenvalue weighted by Crippen LogP contribution is -2.03. The molecule has 0 amide bonds. The second-order valence-electron chi connectivity index (χ2n) is 7.49. The molecule has 34 heavy (non-hydrogen) atoms. The van der Waals surface area contributed by atoms with E-state index in [4.69, 9.17) is 5.11 Å². The van der Waals surface area contributed by atoms with Gasteiger partial charge in [0, 0.05) is 28.2 Å². The van der Waals surface area contributed by atoms with Crippen molar-refractivity contribution >= 4 is 39.9 Å². The number of carboxylic acids is 1. The minimum Gasteiger partial charge on any atom is -0.478 e. The Morgan fingerprint density at radius 2 is 1.88 bits per heavy atom. The zero-order chi connectivity index (χ0) is 24.6. The van der Waals surface area contributed by atoms with Crippen LogP contribution in [0.25, 0.3) is 22.6 Å². The summed E-state index contributed by atoms with van der Waals surface area (Å²) < 4.78 is 55.4. The van der Waals surface area contributed by atoms with Crippen molar-refractivity contribution in [3.8, 4) is 6.07 Å². The molecule has 172 valence electrons. The third kappa shape index (κ3) is 4.43. The number of fused-ring (bicyclic) bond motifs is 1. The van der Waals surface area contributed by atoms with Crippen molar-refractivity contribution in [2.75, 3.05) is 0 Å². The number of nitriles is 1. The molecule has 4 aromatic rings. The number of rotatable bonds is 5. The molecule has 0 aliphatic heterocycles. The summed E-state index contributed by atoms with van der Waals surface area (Å²) in [6, 6.07) is 11.1. The maximum Gasteiger partial charge on any atom is 0.443 e. The fraction of sp³-hybridized carbons (Fsp3) is 0.125. The van der Waals surface area contributed by atoms with Crippen molar-refractivity contribution in [2.24, 2.45) is 0 Å². The molecule has 2 heterocycles. The van der Waals surface area contributed by atoms with Crippen LogP contribution in [0.15, 0.2) is 48.8 Å². The topological polar surface area (TPSA) is 78.9 Å². The molecular weight excluding hydrogens is 470 g/mol. The summed E-state index contributed by atoms with van der Waals surface area (Å²) >= 11 is 0.486. The van der Waals surface area contributed by atoms with Crippen LogP contribution in [-0.2, 0) is 12.7 Å². The highest BCUT2D eigenvalue weighted by Crippen LogP contribution is 2.34. The normalized spacial score (nSPS) is 12.2. The zero-order valence-electron chi connectivity index (χ0n) is 17.5. The first kappa shape index (κ1) is 23.2. The summed E-state index contributed by atoms with van der Waals surface area (Å²) in [4.78, 5) is 14.8. The van der Waals surface area contributed by atoms with E-state index in [0.29, 0.717) is 38.3 Å². The van der Waals surface area contributed by atoms with Crippen molar-refractivity contribution in [3.05, 3.63) is 86.7 Å². The summed E-state index contributed by atoms with van der Waals surface area (Å²) in [6.07, 6.45) is -0.330. The summed E-state index contributed by atoms with van der Waals surface area (Å²) in [5.41, 5.74) is 1.82. The average molecular weight is 485 g/mol. The maximum absolute atomic E-state index is 15.1. The van der Waals surface area contributed by atoms with E-state index in [0.717, 1.165) is 6.20 Å². The van der Waals surface area contributed by atoms with Crippen molar-refractivity contribution in [2.45, 2.75) is 19.6 Å². The largest absolute Gasteiger partial charge is 0.478 e. The minimum absolute atomic E-state index is 0.0341. The number of thiazole rings is 1. The fourth-order valence-electron chi connectivity index (χ4n) is 3.53. The van der Waals surface area contributed by atoms with Crippen LogP contribution in [0.2, 0.25) is 0 Å². The molecule has 2 aromatic heterocycles. The molecule has 1 N–H and O–H groups in total. The fourth-order valence-corrected chi connectivity index (χ4v) is 4.31. The van der Waals surface area contributed by atoms with Gasteiger partial charge in [-0.05, 0) is 36.3 Å². The number of carbonyl (C=O) groups is 1. The zero-order valence-corrected chi connectivity index (χ0v) is 18.3. The quantitative estimate of drug-likeness (QED) is 0.263. The maximum atomic E-state index is 15.1. The number of hydrogen-bond donors (Lipinski definition) is 1. The molecule has 2 aromatic carbocycles. The highest BCUT2D eigenvalue weighted by molar-refractivity contribution is 7.11. The van der Waals surface area contributed by atoms with Gasteiger partial charge in [-0.25, -0.2) is 14.2 Å². The Balaban J connectivity index is 1.80. The van der Waals surface area contributed by atoms with E-state index in [1.54, 1.807) is 25.3 Å². The average Bonchev–Trinajstić information content (AvgIpc) is 3.40. The molecule has 10 heteroatoms. The predicted molar refractivity (Wildman–Crippen MR) is 120 cm³/mol. The first-order valence-corrected chi connectivity index (χ1v) is 10.7. The molecular formula is C24H15F4N3O2S. The van der Waals surface area contributed by atoms with E-state index in [9.17, 15) is 23.2 Å². The van der Waals surface area contributed by atoms with Crippen molar-refractivity contribution in [1.29, 1.82) is 5.26 Å². The number of aromatic nitrogens is 2. The van der Waals surface area contributed by atoms with Gasteiger partial charge in [0.1, 0.15) is 5.82 Å². The van der Waals surface area contributed by atoms with Gasteiger partial charge >= 0.3 is 12.1 Å². The smallest absolute Gasteiger partial charge is 0.443 e. The van der Waals surface area contributed by atoms with Gasteiger partial charge in [0.05, 0.1) is 29.3 Å². The highest BCUT2D eigenvalue weighted by Gasteiger charge is 2.34. The Labute approximate surface area is 194 Å². The SMILES string of the molecule is Cc1ccc2c(/C=C(\C#N)c3ccc(C(=O)O)cc3)cn(Cc3cnc(C(F)(F)F)s3)c2c1F. The number of carboxylic acid groups (broad SMARTS) is 1. The van der Waals surface area contributed by atoms with Crippen LogP contribution in [-0.4, -0.2) is 20.6 Å². The minimum atomic E-state index is -4.56. The number of nitrogens with zero attached hydrogens (tertiary/aromatic N) is 3. The highest BCUT2D eigenvalue weighted by atomic mass is 32.1. The molecule has 0 fully saturated rings. The first-order chi connectivity index (χ1) is 16.1. The lowest BCUT2D eigenvalue weighted by molar-refractivity contribution is -0.137. The first-order valence-electron chi connectivity index (χ1n) is 9.84. The van der Waals surface area contributed by atoms with E-state index in [-0.39, 0.29) is 23.2 Å². The van der Waals surface area contributed by atoms with Crippen LogP contribution >= 0.6 is 11.3 Å². The molecule has 0 saturated heterocycles. The Morgan fingerprint density at radius 1 is 1.21 bits per heavy atom. The van der Waals surface area contributed by atoms with E-state index in [2.05, 4.69) is 11.1 Å². The van der Waals surface area contributed by atoms with Crippen LogP contribution < -0.4 is 0 Å². The molecule has 0 atom stereocenters. The molecule has 0 radical (unpaired) electrons. The summed E-state index contributed by atoms with van der Waals surface area (Å²) in [7, 11) is 0. The van der Waals surface area contributed by atoms with Crippen LogP contribution in [0, 0.1) is 24.1 Å².